The summed E-state index contributed by atoms with van der Waals surface area (Å²) in [5.41, 5.74) is 1.58. The van der Waals surface area contributed by atoms with E-state index < -0.39 is 47.5 Å². The number of nitrogens with zero attached hydrogens (tertiary/aromatic N) is 1. The summed E-state index contributed by atoms with van der Waals surface area (Å²) < 4.78 is 47.4. The van der Waals surface area contributed by atoms with Crippen LogP contribution in [0.5, 0.6) is 11.5 Å². The monoisotopic (exact) mass is 511 g/mol. The van der Waals surface area contributed by atoms with E-state index in [0.29, 0.717) is 22.6 Å². The topological polar surface area (TPSA) is 96.9 Å². The van der Waals surface area contributed by atoms with Crippen molar-refractivity contribution in [2.24, 2.45) is 16.8 Å². The van der Waals surface area contributed by atoms with E-state index in [1.807, 2.05) is 50.2 Å². The molecule has 1 saturated heterocycles. The number of dihydropyridines is 1. The number of rotatable bonds is 3. The molecule has 0 aliphatic carbocycles. The van der Waals surface area contributed by atoms with Gasteiger partial charge >= 0.3 is 6.18 Å². The molecule has 3 aliphatic rings. The largest absolute Gasteiger partial charge is 0.457 e. The molecule has 0 spiro atoms. The predicted octanol–water partition coefficient (Wildman–Crippen LogP) is 4.23. The summed E-state index contributed by atoms with van der Waals surface area (Å²) >= 11 is 0. The average Bonchev–Trinajstić information content (AvgIpc) is 2.82. The highest BCUT2D eigenvalue weighted by atomic mass is 19.4. The molecule has 2 atom stereocenters. The van der Waals surface area contributed by atoms with Crippen LogP contribution in [0.1, 0.15) is 41.1 Å². The van der Waals surface area contributed by atoms with E-state index in [1.165, 1.54) is 0 Å². The minimum absolute atomic E-state index is 0.178. The standard InChI is InChI=1S/C27H24F3N3O4/c1-13-3-5-16-20(9-13)37-21-10-14(2)4-6-17(21)23(16)32-25(35)19-12-18(15-7-8-31-22(34)11-15)24(27(28,29)30)33-26(19)36/h3-6,9-10,12,15,19,23H,7-8,11H2,1-2H3,(H,31,34)(H,32,35). The Morgan fingerprint density at radius 2 is 1.68 bits per heavy atom. The number of carbonyl (C=O) groups is 3. The van der Waals surface area contributed by atoms with Crippen molar-refractivity contribution in [1.29, 1.82) is 0 Å². The molecule has 5 rings (SSSR count). The molecular formula is C27H24F3N3O4. The van der Waals surface area contributed by atoms with Crippen LogP contribution in [0.4, 0.5) is 13.2 Å². The number of nitrogens with one attached hydrogen (secondary N) is 2. The number of carbonyl (C=O) groups excluding carboxylic acids is 3. The van der Waals surface area contributed by atoms with Gasteiger partial charge in [-0.2, -0.15) is 13.2 Å². The molecule has 192 valence electrons. The number of ether oxygens (including phenoxy) is 1. The third-order valence-corrected chi connectivity index (χ3v) is 6.81. The molecule has 7 nitrogen and oxygen atoms in total. The summed E-state index contributed by atoms with van der Waals surface area (Å²) in [5.74, 6) is -3.64. The molecule has 2 unspecified atom stereocenters. The summed E-state index contributed by atoms with van der Waals surface area (Å²) in [6, 6.07) is 10.3. The number of halogens is 3. The molecule has 3 heterocycles. The molecule has 0 radical (unpaired) electrons. The number of hydrogen-bond acceptors (Lipinski definition) is 4. The first-order valence-electron chi connectivity index (χ1n) is 11.9. The number of aliphatic imine (C=N–C) groups is 1. The SMILES string of the molecule is Cc1ccc2c(c1)Oc1cc(C)ccc1C2NC(=O)C1C=C(C2CCNC(=O)C2)C(C(F)(F)F)=NC1=O. The quantitative estimate of drug-likeness (QED) is 0.603. The molecule has 2 aromatic carbocycles. The fraction of sp³-hybridized carbons (Fsp3) is 0.333. The molecule has 2 N–H and O–H groups in total. The van der Waals surface area contributed by atoms with E-state index in [4.69, 9.17) is 4.74 Å². The lowest BCUT2D eigenvalue weighted by atomic mass is 9.82. The van der Waals surface area contributed by atoms with Crippen molar-refractivity contribution in [2.45, 2.75) is 38.9 Å². The molecule has 0 saturated carbocycles. The molecule has 1 fully saturated rings. The Balaban J connectivity index is 1.50. The minimum Gasteiger partial charge on any atom is -0.457 e. The second-order valence-corrected chi connectivity index (χ2v) is 9.56. The Hall–Kier alpha value is -3.95. The smallest absolute Gasteiger partial charge is 0.433 e. The molecule has 0 aromatic heterocycles. The fourth-order valence-electron chi connectivity index (χ4n) is 4.98. The van der Waals surface area contributed by atoms with Gasteiger partial charge in [-0.05, 0) is 55.0 Å². The lowest BCUT2D eigenvalue weighted by molar-refractivity contribution is -0.132. The van der Waals surface area contributed by atoms with Gasteiger partial charge < -0.3 is 15.4 Å². The van der Waals surface area contributed by atoms with Crippen LogP contribution >= 0.6 is 0 Å². The van der Waals surface area contributed by atoms with Gasteiger partial charge in [0.2, 0.25) is 11.8 Å². The summed E-state index contributed by atoms with van der Waals surface area (Å²) in [6.07, 6.45) is -3.80. The Bertz CT molecular complexity index is 1330. The zero-order chi connectivity index (χ0) is 26.5. The number of fused-ring (bicyclic) bond motifs is 2. The second kappa shape index (κ2) is 9.17. The summed E-state index contributed by atoms with van der Waals surface area (Å²) in [6.45, 7) is 4.00. The van der Waals surface area contributed by atoms with E-state index in [9.17, 15) is 27.6 Å². The Kier molecular flexibility index (Phi) is 6.13. The maximum absolute atomic E-state index is 13.8. The molecule has 2 aromatic rings. The van der Waals surface area contributed by atoms with Gasteiger partial charge in [-0.3, -0.25) is 14.4 Å². The van der Waals surface area contributed by atoms with Crippen LogP contribution in [0.3, 0.4) is 0 Å². The van der Waals surface area contributed by atoms with E-state index in [-0.39, 0.29) is 25.0 Å². The number of amides is 3. The first kappa shape index (κ1) is 24.7. The summed E-state index contributed by atoms with van der Waals surface area (Å²) in [4.78, 5) is 41.3. The van der Waals surface area contributed by atoms with Gasteiger partial charge in [-0.15, -0.1) is 0 Å². The van der Waals surface area contributed by atoms with Crippen LogP contribution in [0.25, 0.3) is 0 Å². The molecule has 3 amide bonds. The van der Waals surface area contributed by atoms with Crippen molar-refractivity contribution >= 4 is 23.4 Å². The summed E-state index contributed by atoms with van der Waals surface area (Å²) in [7, 11) is 0. The third kappa shape index (κ3) is 4.75. The van der Waals surface area contributed by atoms with Crippen molar-refractivity contribution in [3.05, 3.63) is 70.3 Å². The zero-order valence-corrected chi connectivity index (χ0v) is 20.1. The van der Waals surface area contributed by atoms with Crippen molar-refractivity contribution in [3.63, 3.8) is 0 Å². The lowest BCUT2D eigenvalue weighted by Crippen LogP contribution is -2.43. The maximum Gasteiger partial charge on any atom is 0.433 e. The van der Waals surface area contributed by atoms with Crippen LogP contribution in [0.2, 0.25) is 0 Å². The lowest BCUT2D eigenvalue weighted by Gasteiger charge is -2.31. The molecule has 0 bridgehead atoms. The normalized spacial score (nSPS) is 21.6. The first-order valence-corrected chi connectivity index (χ1v) is 11.9. The van der Waals surface area contributed by atoms with Crippen LogP contribution in [-0.2, 0) is 14.4 Å². The summed E-state index contributed by atoms with van der Waals surface area (Å²) in [5, 5.41) is 5.42. The Morgan fingerprint density at radius 3 is 2.24 bits per heavy atom. The fourth-order valence-corrected chi connectivity index (χ4v) is 4.98. The average molecular weight is 512 g/mol. The highest BCUT2D eigenvalue weighted by molar-refractivity contribution is 6.17. The van der Waals surface area contributed by atoms with E-state index >= 15 is 0 Å². The number of benzene rings is 2. The molecule has 3 aliphatic heterocycles. The van der Waals surface area contributed by atoms with Gasteiger partial charge in [0.05, 0.1) is 6.04 Å². The van der Waals surface area contributed by atoms with Crippen molar-refractivity contribution in [3.8, 4) is 11.5 Å². The van der Waals surface area contributed by atoms with Gasteiger partial charge in [0.1, 0.15) is 17.4 Å². The van der Waals surface area contributed by atoms with Gasteiger partial charge in [0.25, 0.3) is 5.91 Å². The number of piperidine rings is 1. The number of alkyl halides is 3. The van der Waals surface area contributed by atoms with Crippen LogP contribution < -0.4 is 15.4 Å². The van der Waals surface area contributed by atoms with Crippen LogP contribution in [0.15, 0.2) is 53.0 Å². The van der Waals surface area contributed by atoms with Crippen LogP contribution in [0, 0.1) is 25.7 Å². The van der Waals surface area contributed by atoms with Crippen LogP contribution in [-0.4, -0.2) is 36.2 Å². The second-order valence-electron chi connectivity index (χ2n) is 9.56. The van der Waals surface area contributed by atoms with E-state index in [0.717, 1.165) is 17.2 Å². The first-order chi connectivity index (χ1) is 17.5. The van der Waals surface area contributed by atoms with Crippen molar-refractivity contribution in [2.75, 3.05) is 6.54 Å². The van der Waals surface area contributed by atoms with Crippen molar-refractivity contribution < 1.29 is 32.3 Å². The highest BCUT2D eigenvalue weighted by Gasteiger charge is 2.46. The molecule has 37 heavy (non-hydrogen) atoms. The number of hydrogen-bond donors (Lipinski definition) is 2. The van der Waals surface area contributed by atoms with Gasteiger partial charge in [0.15, 0.2) is 5.71 Å². The van der Waals surface area contributed by atoms with Gasteiger partial charge in [-0.25, -0.2) is 4.99 Å². The number of allylic oxidation sites excluding steroid dienone is 1. The van der Waals surface area contributed by atoms with Gasteiger partial charge in [0, 0.05) is 24.1 Å². The number of aryl methyl sites for hydroxylation is 2. The third-order valence-electron chi connectivity index (χ3n) is 6.81. The zero-order valence-electron chi connectivity index (χ0n) is 20.1. The molecule has 10 heteroatoms. The van der Waals surface area contributed by atoms with E-state index in [1.54, 1.807) is 0 Å². The van der Waals surface area contributed by atoms with E-state index in [2.05, 4.69) is 15.6 Å². The Morgan fingerprint density at radius 1 is 1.05 bits per heavy atom. The maximum atomic E-state index is 13.8. The van der Waals surface area contributed by atoms with Gasteiger partial charge in [-0.1, -0.05) is 30.3 Å². The molecular weight excluding hydrogens is 487 g/mol. The van der Waals surface area contributed by atoms with Crippen molar-refractivity contribution in [1.82, 2.24) is 10.6 Å². The Labute approximate surface area is 210 Å². The predicted molar refractivity (Wildman–Crippen MR) is 128 cm³/mol. The minimum atomic E-state index is -4.90. The highest BCUT2D eigenvalue weighted by Crippen LogP contribution is 2.44.